The van der Waals surface area contributed by atoms with Crippen LogP contribution >= 0.6 is 0 Å². The van der Waals surface area contributed by atoms with Crippen molar-refractivity contribution in [2.24, 2.45) is 0 Å². The fraction of sp³-hybridized carbons (Fsp3) is 0.583. The molecule has 1 atom stereocenters. The Morgan fingerprint density at radius 2 is 2.38 bits per heavy atom. The molecule has 2 N–H and O–H groups in total. The highest BCUT2D eigenvalue weighted by atomic mass is 16.5. The molecule has 9 nitrogen and oxygen atoms in total. The second-order valence-electron chi connectivity index (χ2n) is 5.24. The number of amides is 1. The van der Waals surface area contributed by atoms with Gasteiger partial charge >= 0.3 is 0 Å². The third kappa shape index (κ3) is 2.64. The molecule has 0 aliphatic carbocycles. The molecule has 0 radical (unpaired) electrons. The molecule has 0 bridgehead atoms. The maximum Gasteiger partial charge on any atom is 0.272 e. The van der Waals surface area contributed by atoms with Gasteiger partial charge in [-0.15, -0.1) is 10.2 Å². The van der Waals surface area contributed by atoms with Gasteiger partial charge in [-0.05, 0) is 5.92 Å². The zero-order valence-electron chi connectivity index (χ0n) is 11.9. The summed E-state index contributed by atoms with van der Waals surface area (Å²) in [6.07, 6.45) is 1.35. The number of nitrogens with one attached hydrogen (secondary N) is 2. The fourth-order valence-electron chi connectivity index (χ4n) is 2.36. The summed E-state index contributed by atoms with van der Waals surface area (Å²) in [5, 5.41) is 20.5. The van der Waals surface area contributed by atoms with Gasteiger partial charge < -0.3 is 9.64 Å². The monoisotopic (exact) mass is 291 g/mol. The van der Waals surface area contributed by atoms with E-state index in [2.05, 4.69) is 30.8 Å². The van der Waals surface area contributed by atoms with E-state index in [9.17, 15) is 4.79 Å². The Morgan fingerprint density at radius 3 is 3.10 bits per heavy atom. The topological polar surface area (TPSA) is 113 Å². The minimum atomic E-state index is -0.355. The molecule has 0 spiro atoms. The second kappa shape index (κ2) is 5.60. The molecule has 2 aromatic heterocycles. The van der Waals surface area contributed by atoms with Crippen molar-refractivity contribution >= 4 is 5.91 Å². The number of aromatic nitrogens is 6. The quantitative estimate of drug-likeness (QED) is 0.838. The molecule has 21 heavy (non-hydrogen) atoms. The van der Waals surface area contributed by atoms with Crippen molar-refractivity contribution < 1.29 is 9.53 Å². The Kier molecular flexibility index (Phi) is 3.65. The van der Waals surface area contributed by atoms with Crippen molar-refractivity contribution in [3.05, 3.63) is 23.3 Å². The smallest absolute Gasteiger partial charge is 0.272 e. The van der Waals surface area contributed by atoms with Gasteiger partial charge in [-0.3, -0.25) is 9.89 Å². The molecular formula is C12H17N7O2. The molecule has 3 rings (SSSR count). The normalized spacial score (nSPS) is 19.2. The summed E-state index contributed by atoms with van der Waals surface area (Å²) in [4.78, 5) is 14.4. The van der Waals surface area contributed by atoms with E-state index < -0.39 is 0 Å². The zero-order valence-corrected chi connectivity index (χ0v) is 11.9. The number of morpholine rings is 1. The summed E-state index contributed by atoms with van der Waals surface area (Å²) in [6, 6.07) is 0. The summed E-state index contributed by atoms with van der Waals surface area (Å²) in [6.45, 7) is 5.43. The van der Waals surface area contributed by atoms with Crippen molar-refractivity contribution in [1.82, 2.24) is 35.7 Å². The number of ether oxygens (including phenoxy) is 1. The van der Waals surface area contributed by atoms with Crippen LogP contribution in [0.1, 0.15) is 47.7 Å². The van der Waals surface area contributed by atoms with Gasteiger partial charge in [0, 0.05) is 12.1 Å². The average molecular weight is 291 g/mol. The predicted octanol–water partition coefficient (Wildman–Crippen LogP) is 0.260. The van der Waals surface area contributed by atoms with Gasteiger partial charge in [0.15, 0.2) is 0 Å². The van der Waals surface area contributed by atoms with Gasteiger partial charge in [-0.25, -0.2) is 0 Å². The van der Waals surface area contributed by atoms with Crippen LogP contribution in [0.4, 0.5) is 0 Å². The molecule has 0 aromatic carbocycles. The van der Waals surface area contributed by atoms with Crippen LogP contribution < -0.4 is 0 Å². The molecule has 1 aliphatic heterocycles. The van der Waals surface area contributed by atoms with E-state index in [0.29, 0.717) is 31.2 Å². The number of H-pyrrole nitrogens is 2. The molecule has 1 fully saturated rings. The first-order valence-electron chi connectivity index (χ1n) is 6.84. The van der Waals surface area contributed by atoms with E-state index in [-0.39, 0.29) is 17.9 Å². The third-order valence-corrected chi connectivity index (χ3v) is 3.51. The summed E-state index contributed by atoms with van der Waals surface area (Å²) in [5.74, 6) is 0.617. The van der Waals surface area contributed by atoms with Crippen LogP contribution in [0.2, 0.25) is 0 Å². The molecule has 2 aromatic rings. The van der Waals surface area contributed by atoms with Crippen LogP contribution in [0.3, 0.4) is 0 Å². The SMILES string of the molecule is CC(C)c1cn[nH]c1C(=O)N1CCOC(c2nn[nH]n2)C1. The number of nitrogens with zero attached hydrogens (tertiary/aromatic N) is 5. The lowest BCUT2D eigenvalue weighted by Gasteiger charge is -2.31. The van der Waals surface area contributed by atoms with Crippen molar-refractivity contribution in [2.75, 3.05) is 19.7 Å². The molecule has 1 unspecified atom stereocenters. The largest absolute Gasteiger partial charge is 0.366 e. The first kappa shape index (κ1) is 13.7. The Bertz CT molecular complexity index is 607. The van der Waals surface area contributed by atoms with E-state index in [4.69, 9.17) is 4.74 Å². The number of tetrazole rings is 1. The molecule has 1 aliphatic rings. The third-order valence-electron chi connectivity index (χ3n) is 3.51. The number of carbonyl (C=O) groups is 1. The Labute approximate surface area is 121 Å². The minimum Gasteiger partial charge on any atom is -0.366 e. The van der Waals surface area contributed by atoms with E-state index >= 15 is 0 Å². The highest BCUT2D eigenvalue weighted by molar-refractivity contribution is 5.94. The predicted molar refractivity (Wildman–Crippen MR) is 71.5 cm³/mol. The van der Waals surface area contributed by atoms with Gasteiger partial charge in [-0.2, -0.15) is 10.3 Å². The Morgan fingerprint density at radius 1 is 1.52 bits per heavy atom. The number of hydrogen-bond donors (Lipinski definition) is 2. The average Bonchev–Trinajstić information content (AvgIpc) is 3.17. The maximum absolute atomic E-state index is 12.6. The molecule has 1 saturated heterocycles. The van der Waals surface area contributed by atoms with Gasteiger partial charge in [0.05, 0.1) is 19.3 Å². The highest BCUT2D eigenvalue weighted by Crippen LogP contribution is 2.22. The van der Waals surface area contributed by atoms with Crippen LogP contribution in [0.15, 0.2) is 6.20 Å². The van der Waals surface area contributed by atoms with Crippen molar-refractivity contribution in [2.45, 2.75) is 25.9 Å². The van der Waals surface area contributed by atoms with Crippen LogP contribution in [0, 0.1) is 0 Å². The van der Waals surface area contributed by atoms with Crippen LogP contribution in [0.5, 0.6) is 0 Å². The van der Waals surface area contributed by atoms with Crippen LogP contribution in [-0.2, 0) is 4.74 Å². The standard InChI is InChI=1S/C12H17N7O2/c1-7(2)8-5-13-14-10(8)12(20)19-3-4-21-9(6-19)11-15-17-18-16-11/h5,7,9H,3-4,6H2,1-2H3,(H,13,14)(H,15,16,17,18). The van der Waals surface area contributed by atoms with Gasteiger partial charge in [0.1, 0.15) is 11.8 Å². The minimum absolute atomic E-state index is 0.0759. The lowest BCUT2D eigenvalue weighted by atomic mass is 10.0. The fourth-order valence-corrected chi connectivity index (χ4v) is 2.36. The van der Waals surface area contributed by atoms with E-state index in [0.717, 1.165) is 5.56 Å². The van der Waals surface area contributed by atoms with Gasteiger partial charge in [-0.1, -0.05) is 19.1 Å². The lowest BCUT2D eigenvalue weighted by Crippen LogP contribution is -2.43. The molecular weight excluding hydrogens is 274 g/mol. The Hall–Kier alpha value is -2.29. The zero-order chi connectivity index (χ0) is 14.8. The summed E-state index contributed by atoms with van der Waals surface area (Å²) in [7, 11) is 0. The number of carbonyl (C=O) groups excluding carboxylic acids is 1. The summed E-state index contributed by atoms with van der Waals surface area (Å²) >= 11 is 0. The van der Waals surface area contributed by atoms with Crippen molar-refractivity contribution in [3.63, 3.8) is 0 Å². The van der Waals surface area contributed by atoms with Crippen molar-refractivity contribution in [1.29, 1.82) is 0 Å². The van der Waals surface area contributed by atoms with Gasteiger partial charge in [0.25, 0.3) is 5.91 Å². The van der Waals surface area contributed by atoms with Crippen molar-refractivity contribution in [3.8, 4) is 0 Å². The summed E-state index contributed by atoms with van der Waals surface area (Å²) < 4.78 is 5.59. The number of hydrogen-bond acceptors (Lipinski definition) is 6. The second-order valence-corrected chi connectivity index (χ2v) is 5.24. The highest BCUT2D eigenvalue weighted by Gasteiger charge is 2.30. The van der Waals surface area contributed by atoms with E-state index in [1.165, 1.54) is 0 Å². The molecule has 1 amide bonds. The van der Waals surface area contributed by atoms with E-state index in [1.807, 2.05) is 13.8 Å². The molecule has 9 heteroatoms. The first-order chi connectivity index (χ1) is 10.2. The van der Waals surface area contributed by atoms with Gasteiger partial charge in [0.2, 0.25) is 5.82 Å². The Balaban J connectivity index is 1.77. The van der Waals surface area contributed by atoms with Crippen LogP contribution in [0.25, 0.3) is 0 Å². The molecule has 3 heterocycles. The van der Waals surface area contributed by atoms with E-state index in [1.54, 1.807) is 11.1 Å². The first-order valence-corrected chi connectivity index (χ1v) is 6.84. The molecule has 0 saturated carbocycles. The molecule has 112 valence electrons. The summed E-state index contributed by atoms with van der Waals surface area (Å²) in [5.41, 5.74) is 1.46. The van der Waals surface area contributed by atoms with Crippen LogP contribution in [-0.4, -0.2) is 61.3 Å². The number of rotatable bonds is 3. The lowest BCUT2D eigenvalue weighted by molar-refractivity contribution is -0.0270. The maximum atomic E-state index is 12.6. The number of aromatic amines is 2.